The van der Waals surface area contributed by atoms with Gasteiger partial charge in [0.25, 0.3) is 0 Å². The number of hydrogen-bond donors (Lipinski definition) is 0. The third kappa shape index (κ3) is 3.05. The van der Waals surface area contributed by atoms with E-state index in [0.29, 0.717) is 5.91 Å². The van der Waals surface area contributed by atoms with Gasteiger partial charge in [-0.25, -0.2) is 0 Å². The van der Waals surface area contributed by atoms with Crippen molar-refractivity contribution in [1.29, 1.82) is 0 Å². The van der Waals surface area contributed by atoms with Gasteiger partial charge in [-0.15, -0.1) is 0 Å². The zero-order valence-electron chi connectivity index (χ0n) is 13.1. The number of hydrogen-bond acceptors (Lipinski definition) is 3. The molecular formula is C17H25N3O. The SMILES string of the molecule is Cc1cccc(N2CCN(C(=O)C3CCCN3C)CC2)c1. The number of carbonyl (C=O) groups excluding carboxylic acids is 1. The molecule has 1 unspecified atom stereocenters. The van der Waals surface area contributed by atoms with Crippen molar-refractivity contribution in [2.24, 2.45) is 0 Å². The molecule has 1 atom stereocenters. The number of amides is 1. The molecule has 2 saturated heterocycles. The summed E-state index contributed by atoms with van der Waals surface area (Å²) in [7, 11) is 2.07. The number of likely N-dealkylation sites (N-methyl/N-ethyl adjacent to an activating group) is 1. The highest BCUT2D eigenvalue weighted by Crippen LogP contribution is 2.21. The molecule has 21 heavy (non-hydrogen) atoms. The predicted octanol–water partition coefficient (Wildman–Crippen LogP) is 1.74. The molecule has 1 aromatic carbocycles. The smallest absolute Gasteiger partial charge is 0.240 e. The molecular weight excluding hydrogens is 262 g/mol. The minimum absolute atomic E-state index is 0.121. The second-order valence-corrected chi connectivity index (χ2v) is 6.29. The van der Waals surface area contributed by atoms with Crippen molar-refractivity contribution in [1.82, 2.24) is 9.80 Å². The number of carbonyl (C=O) groups is 1. The molecule has 2 aliphatic rings. The second-order valence-electron chi connectivity index (χ2n) is 6.29. The molecule has 2 fully saturated rings. The molecule has 2 aliphatic heterocycles. The molecule has 0 spiro atoms. The number of likely N-dealkylation sites (tertiary alicyclic amines) is 1. The van der Waals surface area contributed by atoms with Gasteiger partial charge in [-0.2, -0.15) is 0 Å². The van der Waals surface area contributed by atoms with E-state index in [0.717, 1.165) is 45.6 Å². The number of piperazine rings is 1. The standard InChI is InChI=1S/C17H25N3O/c1-14-5-3-6-15(13-14)19-9-11-20(12-10-19)17(21)16-7-4-8-18(16)2/h3,5-6,13,16H,4,7-12H2,1-2H3. The van der Waals surface area contributed by atoms with Crippen LogP contribution >= 0.6 is 0 Å². The van der Waals surface area contributed by atoms with Crippen molar-refractivity contribution in [3.63, 3.8) is 0 Å². The maximum absolute atomic E-state index is 12.6. The first-order chi connectivity index (χ1) is 10.1. The van der Waals surface area contributed by atoms with Crippen LogP contribution < -0.4 is 4.90 Å². The zero-order valence-corrected chi connectivity index (χ0v) is 13.1. The van der Waals surface area contributed by atoms with Gasteiger partial charge < -0.3 is 9.80 Å². The Labute approximate surface area is 127 Å². The van der Waals surface area contributed by atoms with Gasteiger partial charge in [-0.3, -0.25) is 9.69 Å². The monoisotopic (exact) mass is 287 g/mol. The summed E-state index contributed by atoms with van der Waals surface area (Å²) >= 11 is 0. The van der Waals surface area contributed by atoms with Crippen molar-refractivity contribution in [3.8, 4) is 0 Å². The predicted molar refractivity (Wildman–Crippen MR) is 85.6 cm³/mol. The van der Waals surface area contributed by atoms with E-state index in [4.69, 9.17) is 0 Å². The topological polar surface area (TPSA) is 26.8 Å². The second kappa shape index (κ2) is 6.06. The van der Waals surface area contributed by atoms with Crippen LogP contribution in [-0.4, -0.2) is 61.5 Å². The Morgan fingerprint density at radius 2 is 1.90 bits per heavy atom. The minimum Gasteiger partial charge on any atom is -0.368 e. The molecule has 0 aromatic heterocycles. The van der Waals surface area contributed by atoms with Gasteiger partial charge in [0.1, 0.15) is 0 Å². The van der Waals surface area contributed by atoms with Crippen LogP contribution in [0.1, 0.15) is 18.4 Å². The summed E-state index contributed by atoms with van der Waals surface area (Å²) in [5.41, 5.74) is 2.57. The van der Waals surface area contributed by atoms with Gasteiger partial charge in [0.05, 0.1) is 6.04 Å². The molecule has 0 bridgehead atoms. The summed E-state index contributed by atoms with van der Waals surface area (Å²) in [5, 5.41) is 0. The fraction of sp³-hybridized carbons (Fsp3) is 0.588. The number of benzene rings is 1. The summed E-state index contributed by atoms with van der Waals surface area (Å²) in [6.45, 7) is 6.74. The van der Waals surface area contributed by atoms with Crippen LogP contribution in [0.3, 0.4) is 0 Å². The first-order valence-corrected chi connectivity index (χ1v) is 7.96. The Morgan fingerprint density at radius 3 is 2.52 bits per heavy atom. The highest BCUT2D eigenvalue weighted by atomic mass is 16.2. The number of rotatable bonds is 2. The van der Waals surface area contributed by atoms with Crippen molar-refractivity contribution in [2.45, 2.75) is 25.8 Å². The average Bonchev–Trinajstić information content (AvgIpc) is 2.93. The van der Waals surface area contributed by atoms with Crippen LogP contribution in [0.25, 0.3) is 0 Å². The van der Waals surface area contributed by atoms with Crippen LogP contribution in [-0.2, 0) is 4.79 Å². The summed E-state index contributed by atoms with van der Waals surface area (Å²) in [6, 6.07) is 8.74. The lowest BCUT2D eigenvalue weighted by Gasteiger charge is -2.38. The Morgan fingerprint density at radius 1 is 1.14 bits per heavy atom. The molecule has 114 valence electrons. The van der Waals surface area contributed by atoms with Gasteiger partial charge >= 0.3 is 0 Å². The van der Waals surface area contributed by atoms with E-state index in [1.807, 2.05) is 0 Å². The van der Waals surface area contributed by atoms with E-state index in [1.54, 1.807) is 0 Å². The van der Waals surface area contributed by atoms with Gasteiger partial charge in [0, 0.05) is 31.9 Å². The molecule has 1 aromatic rings. The van der Waals surface area contributed by atoms with Crippen LogP contribution in [0, 0.1) is 6.92 Å². The number of anilines is 1. The quantitative estimate of drug-likeness (QED) is 0.829. The molecule has 4 nitrogen and oxygen atoms in total. The lowest BCUT2D eigenvalue weighted by atomic mass is 10.1. The van der Waals surface area contributed by atoms with E-state index in [9.17, 15) is 4.79 Å². The fourth-order valence-corrected chi connectivity index (χ4v) is 3.44. The fourth-order valence-electron chi connectivity index (χ4n) is 3.44. The van der Waals surface area contributed by atoms with Crippen molar-refractivity contribution in [3.05, 3.63) is 29.8 Å². The summed E-state index contributed by atoms with van der Waals surface area (Å²) in [4.78, 5) is 19.2. The average molecular weight is 287 g/mol. The molecule has 2 heterocycles. The summed E-state index contributed by atoms with van der Waals surface area (Å²) in [5.74, 6) is 0.332. The molecule has 0 aliphatic carbocycles. The van der Waals surface area contributed by atoms with E-state index in [-0.39, 0.29) is 6.04 Å². The first-order valence-electron chi connectivity index (χ1n) is 7.96. The van der Waals surface area contributed by atoms with Crippen LogP contribution in [0.2, 0.25) is 0 Å². The molecule has 4 heteroatoms. The van der Waals surface area contributed by atoms with E-state index in [1.165, 1.54) is 11.3 Å². The maximum atomic E-state index is 12.6. The molecule has 0 saturated carbocycles. The normalized spacial score (nSPS) is 23.6. The highest BCUT2D eigenvalue weighted by molar-refractivity contribution is 5.82. The van der Waals surface area contributed by atoms with Crippen molar-refractivity contribution >= 4 is 11.6 Å². The molecule has 3 rings (SSSR count). The summed E-state index contributed by atoms with van der Waals surface area (Å²) in [6.07, 6.45) is 2.17. The number of aryl methyl sites for hydroxylation is 1. The van der Waals surface area contributed by atoms with Crippen LogP contribution in [0.4, 0.5) is 5.69 Å². The lowest BCUT2D eigenvalue weighted by Crippen LogP contribution is -2.53. The number of nitrogens with zero attached hydrogens (tertiary/aromatic N) is 3. The van der Waals surface area contributed by atoms with E-state index in [2.05, 4.69) is 52.9 Å². The van der Waals surface area contributed by atoms with Crippen LogP contribution in [0.15, 0.2) is 24.3 Å². The van der Waals surface area contributed by atoms with Gasteiger partial charge in [0.15, 0.2) is 0 Å². The Hall–Kier alpha value is -1.55. The Kier molecular flexibility index (Phi) is 4.15. The Bertz CT molecular complexity index is 509. The van der Waals surface area contributed by atoms with Crippen molar-refractivity contribution < 1.29 is 4.79 Å². The van der Waals surface area contributed by atoms with Gasteiger partial charge in [0.2, 0.25) is 5.91 Å². The van der Waals surface area contributed by atoms with Crippen molar-refractivity contribution in [2.75, 3.05) is 44.7 Å². The largest absolute Gasteiger partial charge is 0.368 e. The highest BCUT2D eigenvalue weighted by Gasteiger charge is 2.32. The maximum Gasteiger partial charge on any atom is 0.240 e. The first kappa shape index (κ1) is 14.4. The van der Waals surface area contributed by atoms with Crippen LogP contribution in [0.5, 0.6) is 0 Å². The van der Waals surface area contributed by atoms with Gasteiger partial charge in [-0.1, -0.05) is 12.1 Å². The minimum atomic E-state index is 0.121. The third-order valence-corrected chi connectivity index (χ3v) is 4.76. The summed E-state index contributed by atoms with van der Waals surface area (Å²) < 4.78 is 0. The molecule has 0 radical (unpaired) electrons. The zero-order chi connectivity index (χ0) is 14.8. The van der Waals surface area contributed by atoms with E-state index >= 15 is 0 Å². The third-order valence-electron chi connectivity index (χ3n) is 4.76. The van der Waals surface area contributed by atoms with Gasteiger partial charge in [-0.05, 0) is 51.1 Å². The lowest BCUT2D eigenvalue weighted by molar-refractivity contribution is -0.135. The van der Waals surface area contributed by atoms with E-state index < -0.39 is 0 Å². The Balaban J connectivity index is 1.59. The molecule has 1 amide bonds. The molecule has 0 N–H and O–H groups in total.